The topological polar surface area (TPSA) is 64.6 Å². The van der Waals surface area contributed by atoms with E-state index < -0.39 is 18.9 Å². The molecule has 0 radical (unpaired) electrons. The molecule has 0 aliphatic carbocycles. The van der Waals surface area contributed by atoms with Crippen molar-refractivity contribution in [2.24, 2.45) is 0 Å². The molecule has 0 saturated carbocycles. The maximum atomic E-state index is 12.1. The standard InChI is InChI=1S/C13H17ClNO4P/c1-3-10-18-13(16)12(4-2)15-20(14,17)19-11-8-6-5-7-9-11/h4-9,12H,2-3,10H2,1H3,(H,15,17)/t12-,20?/m0/s1. The SMILES string of the molecule is C=C[C@H](NP(=O)(Cl)Oc1ccccc1)C(=O)OCCC. The van der Waals surface area contributed by atoms with Gasteiger partial charge in [-0.3, -0.25) is 0 Å². The van der Waals surface area contributed by atoms with Crippen molar-refractivity contribution in [2.75, 3.05) is 6.61 Å². The van der Waals surface area contributed by atoms with E-state index in [2.05, 4.69) is 11.7 Å². The molecule has 20 heavy (non-hydrogen) atoms. The van der Waals surface area contributed by atoms with E-state index in [0.29, 0.717) is 12.2 Å². The minimum absolute atomic E-state index is 0.275. The molecule has 110 valence electrons. The Morgan fingerprint density at radius 2 is 2.15 bits per heavy atom. The first-order valence-electron chi connectivity index (χ1n) is 6.10. The minimum Gasteiger partial charge on any atom is -0.464 e. The van der Waals surface area contributed by atoms with E-state index in [-0.39, 0.29) is 6.61 Å². The molecule has 1 aromatic carbocycles. The number of para-hydroxylation sites is 1. The Morgan fingerprint density at radius 3 is 2.70 bits per heavy atom. The summed E-state index contributed by atoms with van der Waals surface area (Å²) < 4.78 is 22.2. The van der Waals surface area contributed by atoms with Crippen LogP contribution in [-0.2, 0) is 14.1 Å². The number of halogens is 1. The van der Waals surface area contributed by atoms with Crippen molar-refractivity contribution < 1.29 is 18.6 Å². The number of ether oxygens (including phenoxy) is 1. The molecule has 1 unspecified atom stereocenters. The fraction of sp³-hybridized carbons (Fsp3) is 0.308. The molecule has 0 aromatic heterocycles. The predicted octanol–water partition coefficient (Wildman–Crippen LogP) is 3.51. The normalized spacial score (nSPS) is 14.9. The molecular weight excluding hydrogens is 301 g/mol. The maximum absolute atomic E-state index is 12.1. The highest BCUT2D eigenvalue weighted by atomic mass is 35.7. The average molecular weight is 318 g/mol. The van der Waals surface area contributed by atoms with E-state index in [1.54, 1.807) is 30.3 Å². The van der Waals surface area contributed by atoms with Gasteiger partial charge in [-0.1, -0.05) is 31.2 Å². The molecule has 5 nitrogen and oxygen atoms in total. The van der Waals surface area contributed by atoms with E-state index in [1.165, 1.54) is 6.08 Å². The summed E-state index contributed by atoms with van der Waals surface area (Å²) in [5.74, 6) is -0.262. The Bertz CT molecular complexity index is 494. The van der Waals surface area contributed by atoms with Crippen molar-refractivity contribution in [3.05, 3.63) is 43.0 Å². The van der Waals surface area contributed by atoms with E-state index in [1.807, 2.05) is 6.92 Å². The van der Waals surface area contributed by atoms with Crippen molar-refractivity contribution in [1.82, 2.24) is 5.09 Å². The molecule has 0 spiro atoms. The van der Waals surface area contributed by atoms with Gasteiger partial charge in [-0.25, -0.2) is 14.4 Å². The summed E-state index contributed by atoms with van der Waals surface area (Å²) in [7, 11) is 0. The summed E-state index contributed by atoms with van der Waals surface area (Å²) in [5.41, 5.74) is 0. The summed E-state index contributed by atoms with van der Waals surface area (Å²) >= 11 is 5.79. The number of carbonyl (C=O) groups is 1. The van der Waals surface area contributed by atoms with Crippen molar-refractivity contribution in [3.8, 4) is 5.75 Å². The first-order valence-corrected chi connectivity index (χ1v) is 8.63. The third-order valence-electron chi connectivity index (χ3n) is 2.20. The highest BCUT2D eigenvalue weighted by Crippen LogP contribution is 2.48. The summed E-state index contributed by atoms with van der Waals surface area (Å²) in [6.45, 7) is 1.90. The maximum Gasteiger partial charge on any atom is 0.410 e. The van der Waals surface area contributed by atoms with Gasteiger partial charge in [0, 0.05) is 11.2 Å². The lowest BCUT2D eigenvalue weighted by Gasteiger charge is -2.18. The van der Waals surface area contributed by atoms with Crippen molar-refractivity contribution in [1.29, 1.82) is 0 Å². The highest BCUT2D eigenvalue weighted by Gasteiger charge is 2.29. The zero-order chi connectivity index (χ0) is 15.0. The molecule has 0 heterocycles. The summed E-state index contributed by atoms with van der Waals surface area (Å²) in [6, 6.07) is 7.44. The van der Waals surface area contributed by atoms with E-state index in [9.17, 15) is 9.36 Å². The number of rotatable bonds is 8. The van der Waals surface area contributed by atoms with Crippen LogP contribution in [0.3, 0.4) is 0 Å². The van der Waals surface area contributed by atoms with Crippen LogP contribution in [0.4, 0.5) is 0 Å². The zero-order valence-corrected chi connectivity index (χ0v) is 12.8. The number of carbonyl (C=O) groups excluding carboxylic acids is 1. The second-order valence-electron chi connectivity index (χ2n) is 3.89. The number of hydrogen-bond acceptors (Lipinski definition) is 4. The summed E-state index contributed by atoms with van der Waals surface area (Å²) in [4.78, 5) is 11.7. The van der Waals surface area contributed by atoms with Gasteiger partial charge in [0.15, 0.2) is 0 Å². The van der Waals surface area contributed by atoms with Crippen molar-refractivity contribution in [3.63, 3.8) is 0 Å². The zero-order valence-electron chi connectivity index (χ0n) is 11.1. The van der Waals surface area contributed by atoms with Crippen LogP contribution in [0.2, 0.25) is 0 Å². The number of nitrogens with one attached hydrogen (secondary N) is 1. The Labute approximate surface area is 123 Å². The lowest BCUT2D eigenvalue weighted by molar-refractivity contribution is -0.144. The Kier molecular flexibility index (Phi) is 6.79. The fourth-order valence-electron chi connectivity index (χ4n) is 1.30. The van der Waals surface area contributed by atoms with Crippen molar-refractivity contribution in [2.45, 2.75) is 19.4 Å². The predicted molar refractivity (Wildman–Crippen MR) is 78.9 cm³/mol. The van der Waals surface area contributed by atoms with Crippen molar-refractivity contribution >= 4 is 24.1 Å². The largest absolute Gasteiger partial charge is 0.464 e. The summed E-state index contributed by atoms with van der Waals surface area (Å²) in [5, 5.41) is 2.41. The van der Waals surface area contributed by atoms with Crippen LogP contribution in [0.5, 0.6) is 5.75 Å². The minimum atomic E-state index is -3.72. The second-order valence-corrected chi connectivity index (χ2v) is 6.63. The van der Waals surface area contributed by atoms with Gasteiger partial charge < -0.3 is 9.26 Å². The second kappa shape index (κ2) is 8.10. The van der Waals surface area contributed by atoms with Gasteiger partial charge in [0.25, 0.3) is 0 Å². The van der Waals surface area contributed by atoms with Gasteiger partial charge >= 0.3 is 12.8 Å². The lowest BCUT2D eigenvalue weighted by atomic mass is 10.3. The smallest absolute Gasteiger partial charge is 0.410 e. The number of benzene rings is 1. The molecule has 1 N–H and O–H groups in total. The highest BCUT2D eigenvalue weighted by molar-refractivity contribution is 7.84. The monoisotopic (exact) mass is 317 g/mol. The van der Waals surface area contributed by atoms with Gasteiger partial charge in [0.2, 0.25) is 0 Å². The van der Waals surface area contributed by atoms with Gasteiger partial charge in [0.1, 0.15) is 11.8 Å². The average Bonchev–Trinajstić information content (AvgIpc) is 2.42. The molecule has 1 aromatic rings. The van der Waals surface area contributed by atoms with E-state index in [4.69, 9.17) is 20.5 Å². The molecule has 0 saturated heterocycles. The molecule has 0 aliphatic rings. The van der Waals surface area contributed by atoms with Crippen LogP contribution < -0.4 is 9.61 Å². The van der Waals surface area contributed by atoms with E-state index in [0.717, 1.165) is 0 Å². The molecule has 0 fully saturated rings. The van der Waals surface area contributed by atoms with Gasteiger partial charge in [-0.05, 0) is 18.6 Å². The molecule has 7 heteroatoms. The first-order chi connectivity index (χ1) is 9.48. The third kappa shape index (κ3) is 5.78. The molecule has 0 bridgehead atoms. The Hall–Kier alpha value is -1.29. The van der Waals surface area contributed by atoms with Crippen LogP contribution in [0, 0.1) is 0 Å². The van der Waals surface area contributed by atoms with Crippen LogP contribution in [0.15, 0.2) is 43.0 Å². The fourth-order valence-corrected chi connectivity index (χ4v) is 2.85. The molecule has 0 aliphatic heterocycles. The molecular formula is C13H17ClNO4P. The number of esters is 1. The van der Waals surface area contributed by atoms with Gasteiger partial charge in [-0.2, -0.15) is 0 Å². The summed E-state index contributed by atoms with van der Waals surface area (Å²) in [6.07, 6.45) is 1.95. The van der Waals surface area contributed by atoms with Gasteiger partial charge in [0.05, 0.1) is 6.61 Å². The van der Waals surface area contributed by atoms with E-state index >= 15 is 0 Å². The number of hydrogen-bond donors (Lipinski definition) is 1. The first kappa shape index (κ1) is 16.8. The lowest BCUT2D eigenvalue weighted by Crippen LogP contribution is -2.34. The third-order valence-corrected chi connectivity index (χ3v) is 3.73. The molecule has 0 amide bonds. The van der Waals surface area contributed by atoms with Crippen LogP contribution in [-0.4, -0.2) is 18.6 Å². The molecule has 2 atom stereocenters. The van der Waals surface area contributed by atoms with Crippen LogP contribution in [0.25, 0.3) is 0 Å². The quantitative estimate of drug-likeness (QED) is 0.451. The van der Waals surface area contributed by atoms with Gasteiger partial charge in [-0.15, -0.1) is 6.58 Å². The van der Waals surface area contributed by atoms with Crippen LogP contribution >= 0.6 is 18.1 Å². The molecule has 1 rings (SSSR count). The Morgan fingerprint density at radius 1 is 1.50 bits per heavy atom. The Balaban J connectivity index is 2.65. The van der Waals surface area contributed by atoms with Crippen LogP contribution in [0.1, 0.15) is 13.3 Å².